The lowest BCUT2D eigenvalue weighted by molar-refractivity contribution is 0.0401. The Kier molecular flexibility index (Phi) is 10.1. The number of hydrogen-bond acceptors (Lipinski definition) is 6. The fraction of sp³-hybridized carbons (Fsp3) is 0.412. The topological polar surface area (TPSA) is 77.8 Å². The zero-order valence-corrected chi connectivity index (χ0v) is 27.3. The first kappa shape index (κ1) is 32.1. The predicted octanol–water partition coefficient (Wildman–Crippen LogP) is 6.84. The quantitative estimate of drug-likeness (QED) is 0.292. The minimum Gasteiger partial charge on any atom is -0.497 e. The number of aliphatic imine (C=N–C) groups is 1. The van der Waals surface area contributed by atoms with E-state index >= 15 is 0 Å². The zero-order chi connectivity index (χ0) is 31.5. The van der Waals surface area contributed by atoms with Gasteiger partial charge in [0.15, 0.2) is 0 Å². The van der Waals surface area contributed by atoms with E-state index in [0.717, 1.165) is 11.1 Å². The molecule has 2 aliphatic rings. The molecule has 0 saturated carbocycles. The Bertz CT molecular complexity index is 1470. The molecular formula is C34H40Cl2N4O4. The van der Waals surface area contributed by atoms with E-state index in [4.69, 9.17) is 37.7 Å². The number of methoxy groups -OCH3 is 1. The van der Waals surface area contributed by atoms with Crippen LogP contribution in [0.1, 0.15) is 56.5 Å². The molecule has 2 heterocycles. The second-order valence-electron chi connectivity index (χ2n) is 11.6. The summed E-state index contributed by atoms with van der Waals surface area (Å²) in [6.07, 6.45) is -0.575. The van der Waals surface area contributed by atoms with Gasteiger partial charge in [-0.05, 0) is 75.2 Å². The van der Waals surface area contributed by atoms with Crippen LogP contribution in [0.15, 0.2) is 71.7 Å². The number of carbonyl (C=O) groups excluding carboxylic acids is 1. The average Bonchev–Trinajstić information content (AvgIpc) is 3.41. The summed E-state index contributed by atoms with van der Waals surface area (Å²) in [6, 6.07) is 19.8. The van der Waals surface area contributed by atoms with Crippen molar-refractivity contribution in [3.63, 3.8) is 0 Å². The first-order chi connectivity index (χ1) is 21.1. The smallest absolute Gasteiger partial charge is 0.326 e. The number of carbonyl (C=O) groups is 1. The monoisotopic (exact) mass is 638 g/mol. The van der Waals surface area contributed by atoms with Crippen molar-refractivity contribution in [3.8, 4) is 11.5 Å². The highest BCUT2D eigenvalue weighted by Crippen LogP contribution is 2.46. The van der Waals surface area contributed by atoms with Crippen LogP contribution in [0.2, 0.25) is 10.0 Å². The van der Waals surface area contributed by atoms with Crippen molar-refractivity contribution in [1.82, 2.24) is 14.7 Å². The van der Waals surface area contributed by atoms with E-state index < -0.39 is 18.2 Å². The van der Waals surface area contributed by atoms with Crippen LogP contribution in [0.3, 0.4) is 0 Å². The molecule has 1 N–H and O–H groups in total. The third kappa shape index (κ3) is 6.84. The van der Waals surface area contributed by atoms with E-state index in [2.05, 4.69) is 4.90 Å². The van der Waals surface area contributed by atoms with Gasteiger partial charge in [0.2, 0.25) is 0 Å². The Morgan fingerprint density at radius 2 is 1.48 bits per heavy atom. The van der Waals surface area contributed by atoms with Gasteiger partial charge in [-0.3, -0.25) is 14.8 Å². The van der Waals surface area contributed by atoms with E-state index in [-0.39, 0.29) is 18.2 Å². The van der Waals surface area contributed by atoms with Crippen LogP contribution in [0.25, 0.3) is 0 Å². The van der Waals surface area contributed by atoms with Crippen LogP contribution < -0.4 is 9.47 Å². The minimum absolute atomic E-state index is 0.00213. The van der Waals surface area contributed by atoms with E-state index in [1.807, 2.05) is 97.3 Å². The van der Waals surface area contributed by atoms with Crippen molar-refractivity contribution in [2.75, 3.05) is 33.3 Å². The van der Waals surface area contributed by atoms with Crippen LogP contribution in [-0.2, 0) is 0 Å². The number of halogens is 2. The van der Waals surface area contributed by atoms with Gasteiger partial charge in [-0.25, -0.2) is 4.79 Å². The maximum atomic E-state index is 14.7. The molecule has 4 unspecified atom stereocenters. The highest BCUT2D eigenvalue weighted by Gasteiger charge is 2.45. The van der Waals surface area contributed by atoms with Gasteiger partial charge in [-0.1, -0.05) is 47.5 Å². The summed E-state index contributed by atoms with van der Waals surface area (Å²) in [5.41, 5.74) is 2.53. The van der Waals surface area contributed by atoms with Crippen LogP contribution in [0.5, 0.6) is 11.5 Å². The third-order valence-electron chi connectivity index (χ3n) is 8.35. The van der Waals surface area contributed by atoms with Crippen molar-refractivity contribution >= 4 is 35.1 Å². The SMILES string of the molecule is COc1ccc(C2=NC(c3ccc(Cl)cc3)C(c3ccc(Cl)cc3)N2C(=O)N2CCN(C(C)C(C)O)CC2)c(OC(C)C)c1. The maximum Gasteiger partial charge on any atom is 0.326 e. The highest BCUT2D eigenvalue weighted by atomic mass is 35.5. The summed E-state index contributed by atoms with van der Waals surface area (Å²) in [7, 11) is 1.61. The molecular weight excluding hydrogens is 599 g/mol. The van der Waals surface area contributed by atoms with E-state index in [0.29, 0.717) is 59.1 Å². The molecule has 4 atom stereocenters. The number of rotatable bonds is 8. The lowest BCUT2D eigenvalue weighted by Crippen LogP contribution is -2.56. The van der Waals surface area contributed by atoms with Crippen molar-refractivity contribution in [3.05, 3.63) is 93.5 Å². The molecule has 2 aliphatic heterocycles. The highest BCUT2D eigenvalue weighted by molar-refractivity contribution is 6.30. The van der Waals surface area contributed by atoms with Crippen molar-refractivity contribution < 1.29 is 19.4 Å². The lowest BCUT2D eigenvalue weighted by atomic mass is 9.93. The summed E-state index contributed by atoms with van der Waals surface area (Å²) in [6.45, 7) is 10.1. The van der Waals surface area contributed by atoms with Crippen molar-refractivity contribution in [2.45, 2.75) is 58.0 Å². The fourth-order valence-corrected chi connectivity index (χ4v) is 6.05. The zero-order valence-electron chi connectivity index (χ0n) is 25.8. The first-order valence-electron chi connectivity index (χ1n) is 15.0. The number of amidine groups is 1. The molecule has 234 valence electrons. The molecule has 0 bridgehead atoms. The predicted molar refractivity (Wildman–Crippen MR) is 175 cm³/mol. The van der Waals surface area contributed by atoms with Gasteiger partial charge >= 0.3 is 6.03 Å². The van der Waals surface area contributed by atoms with Gasteiger partial charge in [0.25, 0.3) is 0 Å². The van der Waals surface area contributed by atoms with Crippen LogP contribution in [-0.4, -0.2) is 83.2 Å². The van der Waals surface area contributed by atoms with Crippen LogP contribution in [0.4, 0.5) is 4.79 Å². The minimum atomic E-state index is -0.460. The number of aliphatic hydroxyl groups excluding tert-OH is 1. The Labute approximate surface area is 269 Å². The Morgan fingerprint density at radius 1 is 0.886 bits per heavy atom. The second kappa shape index (κ2) is 13.8. The largest absolute Gasteiger partial charge is 0.497 e. The van der Waals surface area contributed by atoms with Crippen molar-refractivity contribution in [1.29, 1.82) is 0 Å². The van der Waals surface area contributed by atoms with Gasteiger partial charge in [0.1, 0.15) is 23.4 Å². The van der Waals surface area contributed by atoms with Gasteiger partial charge in [0.05, 0.1) is 30.9 Å². The number of amides is 2. The Balaban J connectivity index is 1.63. The molecule has 8 nitrogen and oxygen atoms in total. The standard InChI is InChI=1S/C34H40Cl2N4O4/c1-21(2)44-30-20-28(43-5)14-15-29(30)33-37-31(24-6-10-26(35)11-7-24)32(25-8-12-27(36)13-9-25)40(33)34(42)39-18-16-38(17-19-39)22(3)23(4)41/h6-15,20-23,31-32,41H,16-19H2,1-5H3. The van der Waals surface area contributed by atoms with Gasteiger partial charge in [-0.2, -0.15) is 0 Å². The van der Waals surface area contributed by atoms with E-state index in [1.165, 1.54) is 0 Å². The fourth-order valence-electron chi connectivity index (χ4n) is 5.80. The number of piperazine rings is 1. The van der Waals surface area contributed by atoms with Crippen LogP contribution >= 0.6 is 23.2 Å². The summed E-state index contributed by atoms with van der Waals surface area (Å²) >= 11 is 12.6. The summed E-state index contributed by atoms with van der Waals surface area (Å²) in [5.74, 6) is 1.75. The molecule has 2 amide bonds. The molecule has 0 aromatic heterocycles. The molecule has 3 aromatic carbocycles. The normalized spacial score (nSPS) is 20.4. The van der Waals surface area contributed by atoms with Gasteiger partial charge in [-0.15, -0.1) is 0 Å². The maximum absolute atomic E-state index is 14.7. The van der Waals surface area contributed by atoms with Gasteiger partial charge < -0.3 is 19.5 Å². The molecule has 0 spiro atoms. The van der Waals surface area contributed by atoms with E-state index in [1.54, 1.807) is 14.0 Å². The molecule has 0 aliphatic carbocycles. The number of urea groups is 1. The molecule has 1 fully saturated rings. The number of benzene rings is 3. The molecule has 3 aromatic rings. The van der Waals surface area contributed by atoms with Crippen LogP contribution in [0, 0.1) is 0 Å². The molecule has 5 rings (SSSR count). The average molecular weight is 640 g/mol. The summed E-state index contributed by atoms with van der Waals surface area (Å²) < 4.78 is 11.8. The molecule has 1 saturated heterocycles. The van der Waals surface area contributed by atoms with Crippen molar-refractivity contribution in [2.24, 2.45) is 4.99 Å². The third-order valence-corrected chi connectivity index (χ3v) is 8.85. The molecule has 10 heteroatoms. The van der Waals surface area contributed by atoms with Gasteiger partial charge in [0, 0.05) is 48.3 Å². The summed E-state index contributed by atoms with van der Waals surface area (Å²) in [4.78, 5) is 25.9. The first-order valence-corrected chi connectivity index (χ1v) is 15.8. The Morgan fingerprint density at radius 3 is 2.02 bits per heavy atom. The molecule has 0 radical (unpaired) electrons. The number of nitrogens with zero attached hydrogens (tertiary/aromatic N) is 4. The number of ether oxygens (including phenoxy) is 2. The Hall–Kier alpha value is -3.30. The lowest BCUT2D eigenvalue weighted by Gasteiger charge is -2.41. The second-order valence-corrected chi connectivity index (χ2v) is 12.5. The number of aliphatic hydroxyl groups is 1. The summed E-state index contributed by atoms with van der Waals surface area (Å²) in [5, 5.41) is 11.4. The number of hydrogen-bond donors (Lipinski definition) is 1. The molecule has 44 heavy (non-hydrogen) atoms. The van der Waals surface area contributed by atoms with E-state index in [9.17, 15) is 9.90 Å².